The Morgan fingerprint density at radius 1 is 1.50 bits per heavy atom. The molecular formula is C8H15N3O. The van der Waals surface area contributed by atoms with Crippen molar-refractivity contribution in [1.29, 1.82) is 5.26 Å². The SMILES string of the molecule is CC(C(=O)N(C)C)N(C)CC#N. The predicted octanol–water partition coefficient (Wildman–Crippen LogP) is -0.0815. The minimum Gasteiger partial charge on any atom is -0.347 e. The number of nitrogens with zero attached hydrogens (tertiary/aromatic N) is 3. The smallest absolute Gasteiger partial charge is 0.239 e. The number of likely N-dealkylation sites (N-methyl/N-ethyl adjacent to an activating group) is 2. The van der Waals surface area contributed by atoms with Crippen LogP contribution in [0.1, 0.15) is 6.92 Å². The Morgan fingerprint density at radius 3 is 2.33 bits per heavy atom. The Hall–Kier alpha value is -1.08. The highest BCUT2D eigenvalue weighted by Crippen LogP contribution is 1.97. The van der Waals surface area contributed by atoms with Gasteiger partial charge in [0.1, 0.15) is 0 Å². The zero-order chi connectivity index (χ0) is 9.72. The van der Waals surface area contributed by atoms with Crippen molar-refractivity contribution in [2.75, 3.05) is 27.7 Å². The van der Waals surface area contributed by atoms with E-state index in [1.165, 1.54) is 4.90 Å². The molecule has 0 aromatic rings. The maximum Gasteiger partial charge on any atom is 0.239 e. The normalized spacial score (nSPS) is 12.3. The summed E-state index contributed by atoms with van der Waals surface area (Å²) in [7, 11) is 5.17. The van der Waals surface area contributed by atoms with Crippen molar-refractivity contribution in [3.8, 4) is 6.07 Å². The van der Waals surface area contributed by atoms with Gasteiger partial charge in [-0.2, -0.15) is 5.26 Å². The highest BCUT2D eigenvalue weighted by molar-refractivity contribution is 5.80. The molecule has 4 heteroatoms. The van der Waals surface area contributed by atoms with Crippen molar-refractivity contribution in [1.82, 2.24) is 9.80 Å². The lowest BCUT2D eigenvalue weighted by molar-refractivity contribution is -0.133. The number of carbonyl (C=O) groups is 1. The van der Waals surface area contributed by atoms with E-state index < -0.39 is 0 Å². The Kier molecular flexibility index (Phi) is 4.30. The molecule has 1 amide bonds. The second-order valence-electron chi connectivity index (χ2n) is 2.98. The van der Waals surface area contributed by atoms with Crippen LogP contribution < -0.4 is 0 Å². The van der Waals surface area contributed by atoms with Gasteiger partial charge in [0.25, 0.3) is 0 Å². The summed E-state index contributed by atoms with van der Waals surface area (Å²) in [5, 5.41) is 8.39. The van der Waals surface area contributed by atoms with Gasteiger partial charge in [0.05, 0.1) is 18.7 Å². The first-order valence-electron chi connectivity index (χ1n) is 3.79. The summed E-state index contributed by atoms with van der Waals surface area (Å²) >= 11 is 0. The summed E-state index contributed by atoms with van der Waals surface area (Å²) in [6.45, 7) is 2.07. The molecule has 1 atom stereocenters. The third kappa shape index (κ3) is 2.89. The average Bonchev–Trinajstić information content (AvgIpc) is 2.02. The van der Waals surface area contributed by atoms with Gasteiger partial charge in [-0.05, 0) is 14.0 Å². The van der Waals surface area contributed by atoms with E-state index in [1.54, 1.807) is 33.0 Å². The molecule has 0 N–H and O–H groups in total. The fraction of sp³-hybridized carbons (Fsp3) is 0.750. The Morgan fingerprint density at radius 2 is 2.00 bits per heavy atom. The maximum absolute atomic E-state index is 11.3. The van der Waals surface area contributed by atoms with Gasteiger partial charge in [-0.3, -0.25) is 9.69 Å². The minimum absolute atomic E-state index is 0.0211. The molecule has 0 aliphatic carbocycles. The van der Waals surface area contributed by atoms with E-state index in [4.69, 9.17) is 5.26 Å². The lowest BCUT2D eigenvalue weighted by Crippen LogP contribution is -2.42. The predicted molar refractivity (Wildman–Crippen MR) is 46.4 cm³/mol. The summed E-state index contributed by atoms with van der Waals surface area (Å²) < 4.78 is 0. The van der Waals surface area contributed by atoms with E-state index in [9.17, 15) is 4.79 Å². The van der Waals surface area contributed by atoms with Crippen LogP contribution in [0.4, 0.5) is 0 Å². The largest absolute Gasteiger partial charge is 0.347 e. The molecule has 0 aliphatic heterocycles. The summed E-state index contributed by atoms with van der Waals surface area (Å²) in [4.78, 5) is 14.6. The number of hydrogen-bond acceptors (Lipinski definition) is 3. The monoisotopic (exact) mass is 169 g/mol. The third-order valence-electron chi connectivity index (χ3n) is 1.78. The molecule has 0 spiro atoms. The van der Waals surface area contributed by atoms with Crippen LogP contribution in [0.3, 0.4) is 0 Å². The average molecular weight is 169 g/mol. The first-order valence-corrected chi connectivity index (χ1v) is 3.79. The molecule has 0 saturated carbocycles. The van der Waals surface area contributed by atoms with Gasteiger partial charge in [0.15, 0.2) is 0 Å². The van der Waals surface area contributed by atoms with Crippen molar-refractivity contribution in [3.05, 3.63) is 0 Å². The maximum atomic E-state index is 11.3. The molecule has 1 unspecified atom stereocenters. The van der Waals surface area contributed by atoms with Crippen molar-refractivity contribution in [3.63, 3.8) is 0 Å². The van der Waals surface area contributed by atoms with Crippen LogP contribution in [0.25, 0.3) is 0 Å². The third-order valence-corrected chi connectivity index (χ3v) is 1.78. The lowest BCUT2D eigenvalue weighted by Gasteiger charge is -2.23. The fourth-order valence-electron chi connectivity index (χ4n) is 0.811. The van der Waals surface area contributed by atoms with Gasteiger partial charge in [0.2, 0.25) is 5.91 Å². The quantitative estimate of drug-likeness (QED) is 0.555. The molecule has 68 valence electrons. The van der Waals surface area contributed by atoms with Crippen LogP contribution in [-0.4, -0.2) is 49.4 Å². The van der Waals surface area contributed by atoms with Crippen LogP contribution in [0.2, 0.25) is 0 Å². The van der Waals surface area contributed by atoms with E-state index in [-0.39, 0.29) is 18.5 Å². The first kappa shape index (κ1) is 10.9. The molecule has 0 aromatic carbocycles. The second kappa shape index (κ2) is 4.73. The molecule has 0 fully saturated rings. The molecule has 0 rings (SSSR count). The molecule has 4 nitrogen and oxygen atoms in total. The van der Waals surface area contributed by atoms with Gasteiger partial charge in [0, 0.05) is 14.1 Å². The molecule has 0 aliphatic rings. The van der Waals surface area contributed by atoms with Crippen LogP contribution in [0, 0.1) is 11.3 Å². The van der Waals surface area contributed by atoms with Crippen LogP contribution in [-0.2, 0) is 4.79 Å². The number of amides is 1. The Balaban J connectivity index is 4.11. The van der Waals surface area contributed by atoms with E-state index in [0.717, 1.165) is 0 Å². The van der Waals surface area contributed by atoms with Crippen LogP contribution in [0.5, 0.6) is 0 Å². The van der Waals surface area contributed by atoms with Gasteiger partial charge >= 0.3 is 0 Å². The first-order chi connectivity index (χ1) is 5.50. The lowest BCUT2D eigenvalue weighted by atomic mass is 10.2. The molecule has 0 bridgehead atoms. The van der Waals surface area contributed by atoms with Crippen LogP contribution >= 0.6 is 0 Å². The van der Waals surface area contributed by atoms with Crippen molar-refractivity contribution >= 4 is 5.91 Å². The van der Waals surface area contributed by atoms with E-state index in [1.807, 2.05) is 6.07 Å². The summed E-state index contributed by atoms with van der Waals surface area (Å²) in [5.74, 6) is 0.0211. The van der Waals surface area contributed by atoms with Crippen molar-refractivity contribution in [2.45, 2.75) is 13.0 Å². The fourth-order valence-corrected chi connectivity index (χ4v) is 0.811. The molecular weight excluding hydrogens is 154 g/mol. The summed E-state index contributed by atoms with van der Waals surface area (Å²) in [6, 6.07) is 1.77. The summed E-state index contributed by atoms with van der Waals surface area (Å²) in [6.07, 6.45) is 0. The highest BCUT2D eigenvalue weighted by Gasteiger charge is 2.18. The zero-order valence-corrected chi connectivity index (χ0v) is 8.03. The number of nitriles is 1. The number of hydrogen-bond donors (Lipinski definition) is 0. The number of carbonyl (C=O) groups excluding carboxylic acids is 1. The zero-order valence-electron chi connectivity index (χ0n) is 8.03. The standard InChI is InChI=1S/C8H15N3O/c1-7(8(12)10(2)3)11(4)6-5-9/h7H,6H2,1-4H3. The van der Waals surface area contributed by atoms with Crippen molar-refractivity contribution < 1.29 is 4.79 Å². The number of rotatable bonds is 3. The minimum atomic E-state index is -0.223. The topological polar surface area (TPSA) is 47.3 Å². The Labute approximate surface area is 73.4 Å². The van der Waals surface area contributed by atoms with Gasteiger partial charge < -0.3 is 4.90 Å². The molecule has 0 radical (unpaired) electrons. The van der Waals surface area contributed by atoms with E-state index in [2.05, 4.69) is 0 Å². The van der Waals surface area contributed by atoms with E-state index in [0.29, 0.717) is 0 Å². The molecule has 0 saturated heterocycles. The van der Waals surface area contributed by atoms with Crippen LogP contribution in [0.15, 0.2) is 0 Å². The summed E-state index contributed by atoms with van der Waals surface area (Å²) in [5.41, 5.74) is 0. The van der Waals surface area contributed by atoms with E-state index >= 15 is 0 Å². The Bertz CT molecular complexity index is 195. The van der Waals surface area contributed by atoms with Gasteiger partial charge in [-0.25, -0.2) is 0 Å². The van der Waals surface area contributed by atoms with Gasteiger partial charge in [-0.1, -0.05) is 0 Å². The molecule has 0 heterocycles. The second-order valence-corrected chi connectivity index (χ2v) is 2.98. The molecule has 0 aromatic heterocycles. The van der Waals surface area contributed by atoms with Crippen molar-refractivity contribution in [2.24, 2.45) is 0 Å². The van der Waals surface area contributed by atoms with Gasteiger partial charge in [-0.15, -0.1) is 0 Å². The molecule has 12 heavy (non-hydrogen) atoms. The highest BCUT2D eigenvalue weighted by atomic mass is 16.2.